The molecule has 1 aliphatic rings. The number of hydrogen-bond donors (Lipinski definition) is 3. The number of hydrogen-bond acceptors (Lipinski definition) is 5. The van der Waals surface area contributed by atoms with E-state index in [4.69, 9.17) is 19.8 Å². The molecule has 1 aromatic carbocycles. The van der Waals surface area contributed by atoms with Gasteiger partial charge in [0.15, 0.2) is 0 Å². The summed E-state index contributed by atoms with van der Waals surface area (Å²) in [6.45, 7) is 4.08. The van der Waals surface area contributed by atoms with Crippen LogP contribution in [0.15, 0.2) is 36.7 Å². The van der Waals surface area contributed by atoms with E-state index in [0.29, 0.717) is 6.04 Å². The minimum absolute atomic E-state index is 0.226. The van der Waals surface area contributed by atoms with Crippen molar-refractivity contribution in [2.24, 2.45) is 0 Å². The van der Waals surface area contributed by atoms with E-state index in [-0.39, 0.29) is 5.75 Å². The fourth-order valence-corrected chi connectivity index (χ4v) is 2.72. The first kappa shape index (κ1) is 25.0. The molecular weight excluding hydrogens is 407 g/mol. The normalized spacial score (nSPS) is 13.9. The summed E-state index contributed by atoms with van der Waals surface area (Å²) in [5.41, 5.74) is 0.776. The van der Waals surface area contributed by atoms with Gasteiger partial charge in [-0.15, -0.1) is 13.2 Å². The van der Waals surface area contributed by atoms with Crippen LogP contribution in [0.1, 0.15) is 32.7 Å². The summed E-state index contributed by atoms with van der Waals surface area (Å²) < 4.78 is 42.5. The number of carboxylic acids is 2. The third-order valence-electron chi connectivity index (χ3n) is 3.72. The van der Waals surface area contributed by atoms with Gasteiger partial charge >= 0.3 is 6.36 Å². The molecule has 0 amide bonds. The number of halogens is 3. The summed E-state index contributed by atoms with van der Waals surface area (Å²) in [4.78, 5) is 22.3. The van der Waals surface area contributed by atoms with Crippen LogP contribution in [-0.4, -0.2) is 51.2 Å². The van der Waals surface area contributed by atoms with E-state index in [1.807, 2.05) is 6.20 Å². The molecule has 1 fully saturated rings. The van der Waals surface area contributed by atoms with Gasteiger partial charge in [-0.05, 0) is 50.2 Å². The van der Waals surface area contributed by atoms with E-state index in [2.05, 4.69) is 19.6 Å². The summed E-state index contributed by atoms with van der Waals surface area (Å²) >= 11 is 0. The quantitative estimate of drug-likeness (QED) is 0.681. The van der Waals surface area contributed by atoms with E-state index in [0.717, 1.165) is 51.2 Å². The van der Waals surface area contributed by atoms with Crippen molar-refractivity contribution in [2.45, 2.75) is 39.1 Å². The van der Waals surface area contributed by atoms with Crippen LogP contribution in [0.3, 0.4) is 0 Å². The van der Waals surface area contributed by atoms with Crippen molar-refractivity contribution in [1.29, 1.82) is 0 Å². The van der Waals surface area contributed by atoms with Crippen LogP contribution in [0, 0.1) is 0 Å². The smallest absolute Gasteiger partial charge is 0.481 e. The first-order valence-corrected chi connectivity index (χ1v) is 8.98. The predicted molar refractivity (Wildman–Crippen MR) is 102 cm³/mol. The van der Waals surface area contributed by atoms with Gasteiger partial charge in [0, 0.05) is 37.8 Å². The highest BCUT2D eigenvalue weighted by molar-refractivity contribution is 5.63. The molecule has 0 aliphatic carbocycles. The monoisotopic (exact) mass is 431 g/mol. The minimum atomic E-state index is -4.67. The molecule has 11 heteroatoms. The van der Waals surface area contributed by atoms with Gasteiger partial charge in [0.25, 0.3) is 11.9 Å². The Labute approximate surface area is 171 Å². The van der Waals surface area contributed by atoms with Crippen molar-refractivity contribution < 1.29 is 37.7 Å². The lowest BCUT2D eigenvalue weighted by atomic mass is 10.1. The zero-order valence-electron chi connectivity index (χ0n) is 16.5. The zero-order valence-corrected chi connectivity index (χ0v) is 16.5. The molecule has 2 aromatic rings. The number of ether oxygens (including phenoxy) is 1. The van der Waals surface area contributed by atoms with Gasteiger partial charge in [-0.3, -0.25) is 9.59 Å². The number of nitrogens with one attached hydrogen (secondary N) is 1. The number of rotatable bonds is 3. The molecule has 2 heterocycles. The summed E-state index contributed by atoms with van der Waals surface area (Å²) in [5, 5.41) is 18.1. The van der Waals surface area contributed by atoms with E-state index in [1.54, 1.807) is 18.3 Å². The molecule has 0 spiro atoms. The molecule has 0 radical (unpaired) electrons. The molecule has 1 aromatic heterocycles. The molecule has 0 atom stereocenters. The number of imidazole rings is 1. The summed E-state index contributed by atoms with van der Waals surface area (Å²) in [5.74, 6) is -1.12. The van der Waals surface area contributed by atoms with Gasteiger partial charge in [0.2, 0.25) is 0 Å². The second-order valence-corrected chi connectivity index (χ2v) is 6.25. The average Bonchev–Trinajstić information content (AvgIpc) is 3.10. The van der Waals surface area contributed by atoms with Crippen molar-refractivity contribution in [2.75, 3.05) is 13.1 Å². The number of nitrogens with zero attached hydrogens (tertiary/aromatic N) is 2. The van der Waals surface area contributed by atoms with Crippen molar-refractivity contribution in [3.05, 3.63) is 36.7 Å². The summed E-state index contributed by atoms with van der Waals surface area (Å²) in [6, 6.07) is 6.18. The van der Waals surface area contributed by atoms with Gasteiger partial charge in [0.1, 0.15) is 11.6 Å². The lowest BCUT2D eigenvalue weighted by Crippen LogP contribution is -2.29. The number of aliphatic carboxylic acids is 2. The fourth-order valence-electron chi connectivity index (χ4n) is 2.72. The number of carbonyl (C=O) groups is 2. The Morgan fingerprint density at radius 3 is 2.07 bits per heavy atom. The molecule has 30 heavy (non-hydrogen) atoms. The maximum atomic E-state index is 12.2. The Balaban J connectivity index is 0.000000485. The number of piperidine rings is 1. The maximum absolute atomic E-state index is 12.2. The third-order valence-corrected chi connectivity index (χ3v) is 3.72. The highest BCUT2D eigenvalue weighted by Gasteiger charge is 2.31. The van der Waals surface area contributed by atoms with Crippen molar-refractivity contribution in [1.82, 2.24) is 14.9 Å². The first-order valence-electron chi connectivity index (χ1n) is 8.98. The maximum Gasteiger partial charge on any atom is 0.573 e. The van der Waals surface area contributed by atoms with Crippen LogP contribution >= 0.6 is 0 Å². The molecule has 166 valence electrons. The predicted octanol–water partition coefficient (Wildman–Crippen LogP) is 3.56. The van der Waals surface area contributed by atoms with Gasteiger partial charge in [-0.25, -0.2) is 4.98 Å². The molecule has 0 saturated carbocycles. The highest BCUT2D eigenvalue weighted by Crippen LogP contribution is 2.29. The number of benzene rings is 1. The Hall–Kier alpha value is -3.08. The van der Waals surface area contributed by atoms with Crippen LogP contribution in [0.25, 0.3) is 11.4 Å². The Bertz CT molecular complexity index is 780. The summed E-state index contributed by atoms with van der Waals surface area (Å²) in [7, 11) is 0. The second kappa shape index (κ2) is 11.8. The highest BCUT2D eigenvalue weighted by atomic mass is 19.4. The molecule has 0 unspecified atom stereocenters. The Morgan fingerprint density at radius 1 is 1.10 bits per heavy atom. The third kappa shape index (κ3) is 9.92. The molecule has 0 bridgehead atoms. The SMILES string of the molecule is CC(=O)O.CC(=O)O.FC(F)(F)Oc1ccc(-c2nccn2C2CCNCC2)cc1. The standard InChI is InChI=1S/C15H16F3N3O.2C2H4O2/c16-15(17,18)22-13-3-1-11(2-4-13)14-20-9-10-21(14)12-5-7-19-8-6-12;2*1-2(3)4/h1-4,9-10,12,19H,5-8H2;2*1H3,(H,3,4). The Kier molecular flexibility index (Phi) is 9.82. The van der Waals surface area contributed by atoms with Gasteiger partial charge in [0.05, 0.1) is 0 Å². The van der Waals surface area contributed by atoms with Crippen LogP contribution < -0.4 is 10.1 Å². The minimum Gasteiger partial charge on any atom is -0.481 e. The lowest BCUT2D eigenvalue weighted by Gasteiger charge is -2.25. The van der Waals surface area contributed by atoms with E-state index in [1.165, 1.54) is 12.1 Å². The van der Waals surface area contributed by atoms with E-state index >= 15 is 0 Å². The van der Waals surface area contributed by atoms with Crippen molar-refractivity contribution >= 4 is 11.9 Å². The van der Waals surface area contributed by atoms with Crippen molar-refractivity contribution in [3.63, 3.8) is 0 Å². The van der Waals surface area contributed by atoms with Gasteiger partial charge in [-0.1, -0.05) is 0 Å². The van der Waals surface area contributed by atoms with Crippen molar-refractivity contribution in [3.8, 4) is 17.1 Å². The first-order chi connectivity index (χ1) is 14.0. The van der Waals surface area contributed by atoms with Gasteiger partial charge < -0.3 is 24.8 Å². The topological polar surface area (TPSA) is 114 Å². The lowest BCUT2D eigenvalue weighted by molar-refractivity contribution is -0.274. The van der Waals surface area contributed by atoms with Crippen LogP contribution in [0.2, 0.25) is 0 Å². The molecule has 1 saturated heterocycles. The average molecular weight is 431 g/mol. The van der Waals surface area contributed by atoms with Crippen LogP contribution in [-0.2, 0) is 9.59 Å². The van der Waals surface area contributed by atoms with Crippen LogP contribution in [0.4, 0.5) is 13.2 Å². The Morgan fingerprint density at radius 2 is 1.60 bits per heavy atom. The largest absolute Gasteiger partial charge is 0.573 e. The van der Waals surface area contributed by atoms with Gasteiger partial charge in [-0.2, -0.15) is 0 Å². The number of carboxylic acid groups (broad SMARTS) is 2. The summed E-state index contributed by atoms with van der Waals surface area (Å²) in [6.07, 6.45) is 0.995. The second-order valence-electron chi connectivity index (χ2n) is 6.25. The number of alkyl halides is 3. The fraction of sp³-hybridized carbons (Fsp3) is 0.421. The van der Waals surface area contributed by atoms with E-state index < -0.39 is 18.3 Å². The van der Waals surface area contributed by atoms with Crippen LogP contribution in [0.5, 0.6) is 5.75 Å². The number of aromatic nitrogens is 2. The molecule has 3 rings (SSSR count). The molecule has 8 nitrogen and oxygen atoms in total. The molecular formula is C19H24F3N3O5. The molecule has 3 N–H and O–H groups in total. The zero-order chi connectivity index (χ0) is 22.7. The molecule has 1 aliphatic heterocycles. The van der Waals surface area contributed by atoms with E-state index in [9.17, 15) is 13.2 Å².